The van der Waals surface area contributed by atoms with Crippen LogP contribution in [-0.2, 0) is 17.8 Å². The molecule has 2 aromatic rings. The van der Waals surface area contributed by atoms with Gasteiger partial charge in [-0.25, -0.2) is 4.98 Å². The molecule has 0 amide bonds. The van der Waals surface area contributed by atoms with Crippen LogP contribution in [0.1, 0.15) is 17.7 Å². The molecule has 1 aliphatic rings. The number of ether oxygens (including phenoxy) is 2. The van der Waals surface area contributed by atoms with Crippen molar-refractivity contribution in [2.75, 3.05) is 32.8 Å². The Balaban J connectivity index is 1.47. The van der Waals surface area contributed by atoms with Gasteiger partial charge in [0.1, 0.15) is 11.2 Å². The average Bonchev–Trinajstić information content (AvgIpc) is 2.63. The standard InChI is InChI=1S/C19H23BrN2O2/c20-19-18(24-15-16-5-2-1-3-6-16)9-8-17(21-19)7-4-10-22-11-13-23-14-12-22/h1-3,5-6,8-9H,4,7,10-15H2. The molecule has 0 saturated carbocycles. The second kappa shape index (κ2) is 9.16. The van der Waals surface area contributed by atoms with Crippen LogP contribution in [0.5, 0.6) is 5.75 Å². The van der Waals surface area contributed by atoms with Gasteiger partial charge in [0.2, 0.25) is 0 Å². The summed E-state index contributed by atoms with van der Waals surface area (Å²) in [5.41, 5.74) is 2.25. The fourth-order valence-corrected chi connectivity index (χ4v) is 3.22. The number of aromatic nitrogens is 1. The predicted octanol–water partition coefficient (Wildman–Crippen LogP) is 3.69. The minimum Gasteiger partial charge on any atom is -0.486 e. The van der Waals surface area contributed by atoms with Gasteiger partial charge in [0, 0.05) is 18.8 Å². The lowest BCUT2D eigenvalue weighted by atomic mass is 10.2. The van der Waals surface area contributed by atoms with Crippen molar-refractivity contribution in [1.29, 1.82) is 0 Å². The minimum atomic E-state index is 0.553. The zero-order chi connectivity index (χ0) is 16.6. The van der Waals surface area contributed by atoms with Crippen LogP contribution in [0.3, 0.4) is 0 Å². The fraction of sp³-hybridized carbons (Fsp3) is 0.421. The van der Waals surface area contributed by atoms with E-state index in [1.165, 1.54) is 0 Å². The van der Waals surface area contributed by atoms with Crippen LogP contribution in [-0.4, -0.2) is 42.7 Å². The molecule has 3 rings (SSSR count). The molecule has 0 bridgehead atoms. The molecular formula is C19H23BrN2O2. The van der Waals surface area contributed by atoms with Crippen LogP contribution in [0, 0.1) is 0 Å². The van der Waals surface area contributed by atoms with Crippen LogP contribution >= 0.6 is 15.9 Å². The first-order valence-electron chi connectivity index (χ1n) is 8.43. The molecule has 0 unspecified atom stereocenters. The Kier molecular flexibility index (Phi) is 6.64. The SMILES string of the molecule is Brc1nc(CCCN2CCOCC2)ccc1OCc1ccccc1. The van der Waals surface area contributed by atoms with Crippen molar-refractivity contribution in [3.63, 3.8) is 0 Å². The second-order valence-electron chi connectivity index (χ2n) is 5.92. The van der Waals surface area contributed by atoms with E-state index in [2.05, 4.69) is 44.0 Å². The van der Waals surface area contributed by atoms with E-state index in [1.807, 2.05) is 24.3 Å². The molecule has 128 valence electrons. The number of rotatable bonds is 7. The van der Waals surface area contributed by atoms with Gasteiger partial charge in [-0.15, -0.1) is 0 Å². The largest absolute Gasteiger partial charge is 0.486 e. The minimum absolute atomic E-state index is 0.553. The van der Waals surface area contributed by atoms with Crippen LogP contribution in [0.2, 0.25) is 0 Å². The molecule has 0 radical (unpaired) electrons. The molecular weight excluding hydrogens is 368 g/mol. The number of benzene rings is 1. The third-order valence-electron chi connectivity index (χ3n) is 4.12. The second-order valence-corrected chi connectivity index (χ2v) is 6.67. The highest BCUT2D eigenvalue weighted by Crippen LogP contribution is 2.24. The van der Waals surface area contributed by atoms with Crippen molar-refractivity contribution in [2.24, 2.45) is 0 Å². The number of hydrogen-bond donors (Lipinski definition) is 0. The molecule has 5 heteroatoms. The maximum absolute atomic E-state index is 5.85. The van der Waals surface area contributed by atoms with Crippen LogP contribution in [0.15, 0.2) is 47.1 Å². The summed E-state index contributed by atoms with van der Waals surface area (Å²) in [5, 5.41) is 0. The molecule has 1 aromatic carbocycles. The van der Waals surface area contributed by atoms with E-state index in [0.29, 0.717) is 6.61 Å². The Morgan fingerprint density at radius 2 is 1.88 bits per heavy atom. The molecule has 24 heavy (non-hydrogen) atoms. The molecule has 0 atom stereocenters. The van der Waals surface area contributed by atoms with Gasteiger partial charge in [-0.3, -0.25) is 4.90 Å². The highest BCUT2D eigenvalue weighted by molar-refractivity contribution is 9.10. The summed E-state index contributed by atoms with van der Waals surface area (Å²) in [6, 6.07) is 14.2. The van der Waals surface area contributed by atoms with Crippen molar-refractivity contribution in [3.05, 3.63) is 58.3 Å². The van der Waals surface area contributed by atoms with E-state index in [1.54, 1.807) is 0 Å². The third kappa shape index (κ3) is 5.30. The quantitative estimate of drug-likeness (QED) is 0.675. The zero-order valence-corrected chi connectivity index (χ0v) is 15.4. The summed E-state index contributed by atoms with van der Waals surface area (Å²) in [4.78, 5) is 7.07. The number of nitrogens with zero attached hydrogens (tertiary/aromatic N) is 2. The van der Waals surface area contributed by atoms with E-state index in [0.717, 1.165) is 67.3 Å². The Morgan fingerprint density at radius 3 is 2.62 bits per heavy atom. The normalized spacial score (nSPS) is 15.4. The third-order valence-corrected chi connectivity index (χ3v) is 4.69. The number of halogens is 1. The number of morpholine rings is 1. The Morgan fingerprint density at radius 1 is 1.08 bits per heavy atom. The maximum Gasteiger partial charge on any atom is 0.152 e. The lowest BCUT2D eigenvalue weighted by Crippen LogP contribution is -2.36. The van der Waals surface area contributed by atoms with E-state index >= 15 is 0 Å². The average molecular weight is 391 g/mol. The molecule has 2 heterocycles. The Bertz CT molecular complexity index is 631. The van der Waals surface area contributed by atoms with Gasteiger partial charge in [0.05, 0.1) is 13.2 Å². The van der Waals surface area contributed by atoms with Crippen molar-refractivity contribution >= 4 is 15.9 Å². The van der Waals surface area contributed by atoms with Crippen molar-refractivity contribution in [2.45, 2.75) is 19.4 Å². The van der Waals surface area contributed by atoms with Crippen molar-refractivity contribution < 1.29 is 9.47 Å². The van der Waals surface area contributed by atoms with Crippen LogP contribution in [0.4, 0.5) is 0 Å². The van der Waals surface area contributed by atoms with Gasteiger partial charge < -0.3 is 9.47 Å². The fourth-order valence-electron chi connectivity index (χ4n) is 2.75. The Hall–Kier alpha value is -1.43. The summed E-state index contributed by atoms with van der Waals surface area (Å²) < 4.78 is 12.0. The maximum atomic E-state index is 5.85. The molecule has 1 saturated heterocycles. The first kappa shape index (κ1) is 17.4. The predicted molar refractivity (Wildman–Crippen MR) is 98.3 cm³/mol. The molecule has 0 spiro atoms. The van der Waals surface area contributed by atoms with Gasteiger partial charge >= 0.3 is 0 Å². The monoisotopic (exact) mass is 390 g/mol. The molecule has 1 aliphatic heterocycles. The summed E-state index contributed by atoms with van der Waals surface area (Å²) in [6.07, 6.45) is 2.10. The zero-order valence-electron chi connectivity index (χ0n) is 13.8. The topological polar surface area (TPSA) is 34.6 Å². The van der Waals surface area contributed by atoms with Gasteiger partial charge in [-0.05, 0) is 53.0 Å². The van der Waals surface area contributed by atoms with Crippen molar-refractivity contribution in [3.8, 4) is 5.75 Å². The molecule has 0 N–H and O–H groups in total. The summed E-state index contributed by atoms with van der Waals surface area (Å²) in [6.45, 7) is 5.47. The van der Waals surface area contributed by atoms with Crippen molar-refractivity contribution in [1.82, 2.24) is 9.88 Å². The molecule has 1 fully saturated rings. The molecule has 0 aliphatic carbocycles. The molecule has 1 aromatic heterocycles. The summed E-state index contributed by atoms with van der Waals surface area (Å²) >= 11 is 3.53. The lowest BCUT2D eigenvalue weighted by Gasteiger charge is -2.26. The van der Waals surface area contributed by atoms with Gasteiger partial charge in [-0.2, -0.15) is 0 Å². The summed E-state index contributed by atoms with van der Waals surface area (Å²) in [5.74, 6) is 0.788. The van der Waals surface area contributed by atoms with Gasteiger partial charge in [0.15, 0.2) is 5.75 Å². The van der Waals surface area contributed by atoms with Crippen LogP contribution < -0.4 is 4.74 Å². The number of hydrogen-bond acceptors (Lipinski definition) is 4. The molecule has 4 nitrogen and oxygen atoms in total. The summed E-state index contributed by atoms with van der Waals surface area (Å²) in [7, 11) is 0. The first-order chi connectivity index (χ1) is 11.8. The van der Waals surface area contributed by atoms with E-state index < -0.39 is 0 Å². The first-order valence-corrected chi connectivity index (χ1v) is 9.23. The smallest absolute Gasteiger partial charge is 0.152 e. The van der Waals surface area contributed by atoms with Gasteiger partial charge in [-0.1, -0.05) is 30.3 Å². The van der Waals surface area contributed by atoms with E-state index in [9.17, 15) is 0 Å². The van der Waals surface area contributed by atoms with Gasteiger partial charge in [0.25, 0.3) is 0 Å². The Labute approximate surface area is 151 Å². The van der Waals surface area contributed by atoms with Crippen LogP contribution in [0.25, 0.3) is 0 Å². The lowest BCUT2D eigenvalue weighted by molar-refractivity contribution is 0.0374. The van der Waals surface area contributed by atoms with E-state index in [-0.39, 0.29) is 0 Å². The highest BCUT2D eigenvalue weighted by atomic mass is 79.9. The highest BCUT2D eigenvalue weighted by Gasteiger charge is 2.10. The van der Waals surface area contributed by atoms with E-state index in [4.69, 9.17) is 9.47 Å². The number of pyridine rings is 1. The number of aryl methyl sites for hydroxylation is 1.